The van der Waals surface area contributed by atoms with Crippen LogP contribution in [0, 0.1) is 0 Å². The zero-order valence-corrected chi connectivity index (χ0v) is 34.3. The molecule has 64 heavy (non-hydrogen) atoms. The van der Waals surface area contributed by atoms with E-state index < -0.39 is 5.41 Å². The van der Waals surface area contributed by atoms with Gasteiger partial charge in [-0.3, -0.25) is 9.13 Å². The number of nitrogens with zero attached hydrogens (tertiary/aromatic N) is 4. The van der Waals surface area contributed by atoms with Gasteiger partial charge in [0, 0.05) is 26.9 Å². The third-order valence-electron chi connectivity index (χ3n) is 14.2. The van der Waals surface area contributed by atoms with Crippen LogP contribution in [0.4, 0.5) is 0 Å². The Morgan fingerprint density at radius 1 is 0.359 bits per heavy atom. The van der Waals surface area contributed by atoms with Crippen molar-refractivity contribution in [3.05, 3.63) is 229 Å². The predicted molar refractivity (Wildman–Crippen MR) is 260 cm³/mol. The SMILES string of the molecule is c1ccc2c(c1)-c1ccccc1C21c2ccccc2-c2ccc(-c3ccc4oc5c(-n6c7ccccc7c7ccccc76)nc(-n6c7ccccc7c7ccccc76)nc5c4c3)cc21. The lowest BCUT2D eigenvalue weighted by atomic mass is 9.70. The summed E-state index contributed by atoms with van der Waals surface area (Å²) < 4.78 is 11.4. The summed E-state index contributed by atoms with van der Waals surface area (Å²) in [5.74, 6) is 1.29. The molecule has 4 heterocycles. The summed E-state index contributed by atoms with van der Waals surface area (Å²) in [4.78, 5) is 11.0. The Bertz CT molecular complexity index is 3990. The molecule has 0 N–H and O–H groups in total. The van der Waals surface area contributed by atoms with E-state index in [1.165, 1.54) is 44.5 Å². The first-order chi connectivity index (χ1) is 31.8. The van der Waals surface area contributed by atoms with Gasteiger partial charge in [0.25, 0.3) is 0 Å². The van der Waals surface area contributed by atoms with E-state index in [-0.39, 0.29) is 0 Å². The first kappa shape index (κ1) is 34.1. The Hall–Kier alpha value is -8.54. The van der Waals surface area contributed by atoms with Crippen molar-refractivity contribution in [2.24, 2.45) is 0 Å². The molecular formula is C59H34N4O. The average Bonchev–Trinajstić information content (AvgIpc) is 4.14. The highest BCUT2D eigenvalue weighted by atomic mass is 16.3. The maximum absolute atomic E-state index is 6.96. The average molecular weight is 815 g/mol. The largest absolute Gasteiger partial charge is 0.450 e. The minimum atomic E-state index is -0.427. The number of aromatic nitrogens is 4. The van der Waals surface area contributed by atoms with Gasteiger partial charge in [0.2, 0.25) is 5.95 Å². The van der Waals surface area contributed by atoms with Crippen LogP contribution in [0.2, 0.25) is 0 Å². The molecule has 4 aromatic heterocycles. The van der Waals surface area contributed by atoms with Gasteiger partial charge in [-0.15, -0.1) is 0 Å². The van der Waals surface area contributed by atoms with Crippen molar-refractivity contribution >= 4 is 65.7 Å². The first-order valence-corrected chi connectivity index (χ1v) is 21.9. The smallest absolute Gasteiger partial charge is 0.237 e. The fraction of sp³-hybridized carbons (Fsp3) is 0.0169. The van der Waals surface area contributed by atoms with Crippen LogP contribution in [0.25, 0.3) is 111 Å². The second kappa shape index (κ2) is 12.3. The fourth-order valence-corrected chi connectivity index (χ4v) is 11.6. The molecule has 1 spiro atoms. The molecule has 0 radical (unpaired) electrons. The molecule has 296 valence electrons. The van der Waals surface area contributed by atoms with Crippen LogP contribution in [-0.2, 0) is 5.41 Å². The Kier molecular flexibility index (Phi) is 6.56. The highest BCUT2D eigenvalue weighted by Gasteiger charge is 2.51. The van der Waals surface area contributed by atoms with Gasteiger partial charge in [0.05, 0.1) is 27.5 Å². The quantitative estimate of drug-likeness (QED) is 0.178. The maximum Gasteiger partial charge on any atom is 0.237 e. The van der Waals surface area contributed by atoms with Gasteiger partial charge in [0.1, 0.15) is 11.1 Å². The summed E-state index contributed by atoms with van der Waals surface area (Å²) in [5.41, 5.74) is 18.7. The fourth-order valence-electron chi connectivity index (χ4n) is 11.6. The molecule has 0 fully saturated rings. The number of rotatable bonds is 3. The molecule has 0 saturated carbocycles. The van der Waals surface area contributed by atoms with Gasteiger partial charge in [-0.25, -0.2) is 4.98 Å². The van der Waals surface area contributed by atoms with Gasteiger partial charge >= 0.3 is 0 Å². The molecule has 0 amide bonds. The molecule has 2 aliphatic carbocycles. The second-order valence-electron chi connectivity index (χ2n) is 17.2. The standard InChI is InChI=1S/C59H34N4O/c1-8-22-46-37(15-1)38-16-2-9-23-47(38)59(46)48-24-10-3-17-39(48)40-31-29-36(34-49(40)59)35-30-32-54-45(33-35)55-56(64-54)57(62-50-25-11-4-18-41(50)42-19-5-12-26-51(42)62)61-58(60-55)63-52-27-13-6-20-43(52)44-21-7-14-28-53(44)63/h1-34H. The van der Waals surface area contributed by atoms with Gasteiger partial charge in [-0.05, 0) is 98.1 Å². The lowest BCUT2D eigenvalue weighted by Gasteiger charge is -2.30. The highest BCUT2D eigenvalue weighted by Crippen LogP contribution is 2.63. The van der Waals surface area contributed by atoms with Crippen LogP contribution in [0.3, 0.4) is 0 Å². The van der Waals surface area contributed by atoms with Crippen LogP contribution in [0.15, 0.2) is 211 Å². The lowest BCUT2D eigenvalue weighted by molar-refractivity contribution is 0.661. The molecule has 0 aliphatic heterocycles. The van der Waals surface area contributed by atoms with E-state index in [2.05, 4.69) is 215 Å². The third-order valence-corrected chi connectivity index (χ3v) is 14.2. The molecule has 0 unspecified atom stereocenters. The number of para-hydroxylation sites is 4. The molecular weight excluding hydrogens is 781 g/mol. The van der Waals surface area contributed by atoms with E-state index in [4.69, 9.17) is 14.4 Å². The van der Waals surface area contributed by atoms with E-state index in [9.17, 15) is 0 Å². The molecule has 15 rings (SSSR count). The minimum absolute atomic E-state index is 0.427. The van der Waals surface area contributed by atoms with E-state index >= 15 is 0 Å². The van der Waals surface area contributed by atoms with Crippen molar-refractivity contribution in [1.29, 1.82) is 0 Å². The molecule has 2 aliphatic rings. The Morgan fingerprint density at radius 3 is 1.34 bits per heavy atom. The van der Waals surface area contributed by atoms with E-state index in [1.807, 2.05) is 0 Å². The summed E-state index contributed by atoms with van der Waals surface area (Å²) in [6.07, 6.45) is 0. The van der Waals surface area contributed by atoms with Crippen molar-refractivity contribution in [1.82, 2.24) is 19.1 Å². The molecule has 5 heteroatoms. The number of benzene rings is 9. The van der Waals surface area contributed by atoms with Crippen molar-refractivity contribution < 1.29 is 4.42 Å². The van der Waals surface area contributed by atoms with Gasteiger partial charge in [-0.1, -0.05) is 164 Å². The van der Waals surface area contributed by atoms with E-state index in [0.29, 0.717) is 17.3 Å². The van der Waals surface area contributed by atoms with Gasteiger partial charge in [-0.2, -0.15) is 4.98 Å². The molecule has 9 aromatic carbocycles. The van der Waals surface area contributed by atoms with Crippen molar-refractivity contribution in [2.45, 2.75) is 5.41 Å². The first-order valence-electron chi connectivity index (χ1n) is 21.9. The van der Waals surface area contributed by atoms with E-state index in [0.717, 1.165) is 71.2 Å². The van der Waals surface area contributed by atoms with Crippen LogP contribution in [0.1, 0.15) is 22.3 Å². The monoisotopic (exact) mass is 814 g/mol. The molecule has 0 saturated heterocycles. The molecule has 0 atom stereocenters. The van der Waals surface area contributed by atoms with Gasteiger partial charge in [0.15, 0.2) is 11.4 Å². The van der Waals surface area contributed by atoms with Crippen molar-refractivity contribution in [2.75, 3.05) is 0 Å². The number of fused-ring (bicyclic) bond motifs is 19. The van der Waals surface area contributed by atoms with Crippen LogP contribution >= 0.6 is 0 Å². The van der Waals surface area contributed by atoms with E-state index in [1.54, 1.807) is 0 Å². The Labute approximate surface area is 366 Å². The van der Waals surface area contributed by atoms with Gasteiger partial charge < -0.3 is 4.42 Å². The van der Waals surface area contributed by atoms with Crippen molar-refractivity contribution in [3.63, 3.8) is 0 Å². The predicted octanol–water partition coefficient (Wildman–Crippen LogP) is 14.6. The summed E-state index contributed by atoms with van der Waals surface area (Å²) >= 11 is 0. The molecule has 0 bridgehead atoms. The normalized spacial score (nSPS) is 13.4. The maximum atomic E-state index is 6.96. The summed E-state index contributed by atoms with van der Waals surface area (Å²) in [5, 5.41) is 5.57. The highest BCUT2D eigenvalue weighted by molar-refractivity contribution is 6.13. The number of furan rings is 1. The van der Waals surface area contributed by atoms with Crippen LogP contribution in [0.5, 0.6) is 0 Å². The van der Waals surface area contributed by atoms with Crippen LogP contribution in [-0.4, -0.2) is 19.1 Å². The minimum Gasteiger partial charge on any atom is -0.450 e. The topological polar surface area (TPSA) is 48.8 Å². The third kappa shape index (κ3) is 4.23. The number of hydrogen-bond donors (Lipinski definition) is 0. The van der Waals surface area contributed by atoms with Crippen molar-refractivity contribution in [3.8, 4) is 45.1 Å². The zero-order chi connectivity index (χ0) is 41.7. The summed E-state index contributed by atoms with van der Waals surface area (Å²) in [7, 11) is 0. The molecule has 13 aromatic rings. The summed E-state index contributed by atoms with van der Waals surface area (Å²) in [6.45, 7) is 0. The zero-order valence-electron chi connectivity index (χ0n) is 34.3. The summed E-state index contributed by atoms with van der Waals surface area (Å²) in [6, 6.07) is 74.8. The Morgan fingerprint density at radius 2 is 0.797 bits per heavy atom. The number of hydrogen-bond acceptors (Lipinski definition) is 3. The lowest BCUT2D eigenvalue weighted by Crippen LogP contribution is -2.25. The Balaban J connectivity index is 1.01. The molecule has 5 nitrogen and oxygen atoms in total. The van der Waals surface area contributed by atoms with Crippen LogP contribution < -0.4 is 0 Å². The second-order valence-corrected chi connectivity index (χ2v) is 17.2.